The molecule has 1 aliphatic carbocycles. The average Bonchev–Trinajstić information content (AvgIpc) is 2.31. The topological polar surface area (TPSA) is 83.8 Å². The molecule has 0 spiro atoms. The van der Waals surface area contributed by atoms with Crippen LogP contribution >= 0.6 is 0 Å². The Balaban J connectivity index is 2.07. The van der Waals surface area contributed by atoms with Gasteiger partial charge in [-0.1, -0.05) is 13.8 Å². The fraction of sp³-hybridized carbons (Fsp3) is 0.692. The highest BCUT2D eigenvalue weighted by Crippen LogP contribution is 2.20. The van der Waals surface area contributed by atoms with E-state index in [1.165, 1.54) is 6.07 Å². The molecule has 1 heterocycles. The zero-order chi connectivity index (χ0) is 13.1. The van der Waals surface area contributed by atoms with Crippen molar-refractivity contribution in [2.75, 3.05) is 5.32 Å². The van der Waals surface area contributed by atoms with Crippen LogP contribution in [0.2, 0.25) is 0 Å². The highest BCUT2D eigenvalue weighted by molar-refractivity contribution is 5.34. The van der Waals surface area contributed by atoms with Gasteiger partial charge in [-0.05, 0) is 25.7 Å². The van der Waals surface area contributed by atoms with Crippen molar-refractivity contribution in [3.8, 4) is 0 Å². The van der Waals surface area contributed by atoms with Crippen LogP contribution in [0, 0.1) is 0 Å². The molecule has 4 N–H and O–H groups in total. The molecule has 0 amide bonds. The number of aromatic nitrogens is 2. The molecule has 0 aromatic carbocycles. The maximum absolute atomic E-state index is 11.6. The first-order chi connectivity index (χ1) is 8.54. The van der Waals surface area contributed by atoms with E-state index in [1.807, 2.05) is 13.8 Å². The Labute approximate surface area is 107 Å². The lowest BCUT2D eigenvalue weighted by atomic mass is 9.92. The van der Waals surface area contributed by atoms with E-state index in [-0.39, 0.29) is 11.5 Å². The number of anilines is 1. The van der Waals surface area contributed by atoms with Gasteiger partial charge >= 0.3 is 0 Å². The van der Waals surface area contributed by atoms with E-state index in [1.54, 1.807) is 0 Å². The molecule has 0 bridgehead atoms. The molecule has 0 saturated heterocycles. The lowest BCUT2D eigenvalue weighted by Crippen LogP contribution is -2.33. The van der Waals surface area contributed by atoms with Crippen LogP contribution in [0.5, 0.6) is 0 Å². The molecule has 18 heavy (non-hydrogen) atoms. The highest BCUT2D eigenvalue weighted by atomic mass is 16.1. The molecule has 0 atom stereocenters. The van der Waals surface area contributed by atoms with E-state index in [0.717, 1.165) is 31.5 Å². The molecule has 5 nitrogen and oxygen atoms in total. The van der Waals surface area contributed by atoms with Crippen molar-refractivity contribution in [1.29, 1.82) is 0 Å². The zero-order valence-corrected chi connectivity index (χ0v) is 11.1. The van der Waals surface area contributed by atoms with Crippen molar-refractivity contribution >= 4 is 5.82 Å². The minimum Gasteiger partial charge on any atom is -0.367 e. The van der Waals surface area contributed by atoms with Gasteiger partial charge in [0.05, 0.1) is 0 Å². The zero-order valence-electron chi connectivity index (χ0n) is 11.1. The van der Waals surface area contributed by atoms with Gasteiger partial charge in [-0.25, -0.2) is 4.98 Å². The minimum atomic E-state index is -0.0938. The summed E-state index contributed by atoms with van der Waals surface area (Å²) in [7, 11) is 0. The summed E-state index contributed by atoms with van der Waals surface area (Å²) in [5.41, 5.74) is 5.79. The Morgan fingerprint density at radius 3 is 2.67 bits per heavy atom. The summed E-state index contributed by atoms with van der Waals surface area (Å²) in [4.78, 5) is 18.8. The van der Waals surface area contributed by atoms with Crippen molar-refractivity contribution in [2.24, 2.45) is 5.73 Å². The van der Waals surface area contributed by atoms with Gasteiger partial charge in [-0.2, -0.15) is 0 Å². The van der Waals surface area contributed by atoms with Crippen LogP contribution in [0.4, 0.5) is 5.82 Å². The lowest BCUT2D eigenvalue weighted by Gasteiger charge is -2.27. The van der Waals surface area contributed by atoms with Gasteiger partial charge in [0.15, 0.2) is 0 Å². The first kappa shape index (κ1) is 13.1. The van der Waals surface area contributed by atoms with Gasteiger partial charge in [0, 0.05) is 24.1 Å². The molecular weight excluding hydrogens is 228 g/mol. The van der Waals surface area contributed by atoms with E-state index in [9.17, 15) is 4.79 Å². The number of rotatable bonds is 3. The van der Waals surface area contributed by atoms with E-state index in [2.05, 4.69) is 15.3 Å². The normalized spacial score (nSPS) is 24.2. The molecule has 5 heteroatoms. The van der Waals surface area contributed by atoms with Crippen molar-refractivity contribution in [1.82, 2.24) is 9.97 Å². The highest BCUT2D eigenvalue weighted by Gasteiger charge is 2.19. The molecule has 1 aliphatic rings. The Hall–Kier alpha value is -1.36. The van der Waals surface area contributed by atoms with Crippen LogP contribution in [-0.4, -0.2) is 22.1 Å². The Bertz CT molecular complexity index is 447. The predicted octanol–water partition coefficient (Wildman–Crippen LogP) is 1.58. The monoisotopic (exact) mass is 250 g/mol. The van der Waals surface area contributed by atoms with Gasteiger partial charge in [-0.3, -0.25) is 4.79 Å². The first-order valence-electron chi connectivity index (χ1n) is 6.68. The molecule has 1 fully saturated rings. The van der Waals surface area contributed by atoms with E-state index in [4.69, 9.17) is 5.73 Å². The molecule has 1 aromatic heterocycles. The molecule has 0 aliphatic heterocycles. The molecule has 0 radical (unpaired) electrons. The Kier molecular flexibility index (Phi) is 4.01. The summed E-state index contributed by atoms with van der Waals surface area (Å²) >= 11 is 0. The summed E-state index contributed by atoms with van der Waals surface area (Å²) in [6, 6.07) is 2.25. The second-order valence-corrected chi connectivity index (χ2v) is 5.43. The number of H-pyrrole nitrogens is 1. The van der Waals surface area contributed by atoms with Crippen LogP contribution in [0.3, 0.4) is 0 Å². The third-order valence-electron chi connectivity index (χ3n) is 3.43. The van der Waals surface area contributed by atoms with Crippen molar-refractivity contribution in [3.05, 3.63) is 22.2 Å². The maximum Gasteiger partial charge on any atom is 0.252 e. The van der Waals surface area contributed by atoms with Gasteiger partial charge in [0.1, 0.15) is 11.6 Å². The number of nitrogens with zero attached hydrogens (tertiary/aromatic N) is 1. The molecule has 0 unspecified atom stereocenters. The summed E-state index contributed by atoms with van der Waals surface area (Å²) < 4.78 is 0. The van der Waals surface area contributed by atoms with Crippen LogP contribution in [0.15, 0.2) is 10.9 Å². The van der Waals surface area contributed by atoms with Crippen LogP contribution in [-0.2, 0) is 0 Å². The summed E-state index contributed by atoms with van der Waals surface area (Å²) in [6.07, 6.45) is 4.18. The maximum atomic E-state index is 11.6. The average molecular weight is 250 g/mol. The molecular formula is C13H22N4O. The Morgan fingerprint density at radius 2 is 2.06 bits per heavy atom. The van der Waals surface area contributed by atoms with E-state index in [0.29, 0.717) is 17.9 Å². The molecule has 1 aromatic rings. The summed E-state index contributed by atoms with van der Waals surface area (Å²) in [5.74, 6) is 1.64. The SMILES string of the molecule is CC(C)c1nc(NC2CCC(N)CC2)cc(=O)[nH]1. The number of aromatic amines is 1. The van der Waals surface area contributed by atoms with Gasteiger partial charge in [0.25, 0.3) is 5.56 Å². The predicted molar refractivity (Wildman–Crippen MR) is 72.8 cm³/mol. The lowest BCUT2D eigenvalue weighted by molar-refractivity contribution is 0.410. The molecule has 1 saturated carbocycles. The van der Waals surface area contributed by atoms with Gasteiger partial charge in [0.2, 0.25) is 0 Å². The van der Waals surface area contributed by atoms with Crippen molar-refractivity contribution in [2.45, 2.75) is 57.5 Å². The van der Waals surface area contributed by atoms with Crippen molar-refractivity contribution < 1.29 is 0 Å². The fourth-order valence-electron chi connectivity index (χ4n) is 2.30. The molecule has 2 rings (SSSR count). The third-order valence-corrected chi connectivity index (χ3v) is 3.43. The van der Waals surface area contributed by atoms with E-state index < -0.39 is 0 Å². The summed E-state index contributed by atoms with van der Waals surface area (Å²) in [6.45, 7) is 4.03. The summed E-state index contributed by atoms with van der Waals surface area (Å²) in [5, 5.41) is 3.35. The quantitative estimate of drug-likeness (QED) is 0.760. The second-order valence-electron chi connectivity index (χ2n) is 5.43. The fourth-order valence-corrected chi connectivity index (χ4v) is 2.30. The number of hydrogen-bond acceptors (Lipinski definition) is 4. The van der Waals surface area contributed by atoms with Crippen LogP contribution in [0.25, 0.3) is 0 Å². The van der Waals surface area contributed by atoms with Crippen LogP contribution < -0.4 is 16.6 Å². The number of hydrogen-bond donors (Lipinski definition) is 3. The van der Waals surface area contributed by atoms with Gasteiger partial charge < -0.3 is 16.0 Å². The Morgan fingerprint density at radius 1 is 1.39 bits per heavy atom. The first-order valence-corrected chi connectivity index (χ1v) is 6.68. The number of nitrogens with one attached hydrogen (secondary N) is 2. The van der Waals surface area contributed by atoms with Crippen molar-refractivity contribution in [3.63, 3.8) is 0 Å². The van der Waals surface area contributed by atoms with Crippen LogP contribution in [0.1, 0.15) is 51.3 Å². The second kappa shape index (κ2) is 5.52. The number of nitrogens with two attached hydrogens (primary N) is 1. The minimum absolute atomic E-state index is 0.0938. The van der Waals surface area contributed by atoms with Gasteiger partial charge in [-0.15, -0.1) is 0 Å². The largest absolute Gasteiger partial charge is 0.367 e. The molecule has 100 valence electrons. The standard InChI is InChI=1S/C13H22N4O/c1-8(2)13-16-11(7-12(18)17-13)15-10-5-3-9(14)4-6-10/h7-10H,3-6,14H2,1-2H3,(H2,15,16,17,18). The van der Waals surface area contributed by atoms with E-state index >= 15 is 0 Å². The smallest absolute Gasteiger partial charge is 0.252 e. The third kappa shape index (κ3) is 3.32.